The van der Waals surface area contributed by atoms with Crippen molar-refractivity contribution in [3.8, 4) is 0 Å². The SMILES string of the molecule is CCN(CC)c1ccc(N)c(NS(C)(=O)=O)c1. The third kappa shape index (κ3) is 3.81. The summed E-state index contributed by atoms with van der Waals surface area (Å²) < 4.78 is 24.8. The fraction of sp³-hybridized carbons (Fsp3) is 0.455. The first-order valence-electron chi connectivity index (χ1n) is 5.49. The molecule has 0 spiro atoms. The molecule has 96 valence electrons. The number of nitrogens with one attached hydrogen (secondary N) is 1. The maximum absolute atomic E-state index is 11.2. The van der Waals surface area contributed by atoms with Gasteiger partial charge in [0, 0.05) is 18.8 Å². The van der Waals surface area contributed by atoms with Crippen molar-refractivity contribution in [1.29, 1.82) is 0 Å². The van der Waals surface area contributed by atoms with Crippen LogP contribution in [-0.2, 0) is 10.0 Å². The Bertz CT molecular complexity index is 481. The van der Waals surface area contributed by atoms with Gasteiger partial charge in [-0.15, -0.1) is 0 Å². The van der Waals surface area contributed by atoms with Crippen LogP contribution in [0.25, 0.3) is 0 Å². The summed E-state index contributed by atoms with van der Waals surface area (Å²) >= 11 is 0. The maximum atomic E-state index is 11.2. The zero-order valence-electron chi connectivity index (χ0n) is 10.4. The van der Waals surface area contributed by atoms with Gasteiger partial charge in [-0.1, -0.05) is 0 Å². The maximum Gasteiger partial charge on any atom is 0.229 e. The molecular formula is C11H19N3O2S. The molecular weight excluding hydrogens is 238 g/mol. The van der Waals surface area contributed by atoms with Gasteiger partial charge < -0.3 is 10.6 Å². The van der Waals surface area contributed by atoms with Crippen LogP contribution >= 0.6 is 0 Å². The van der Waals surface area contributed by atoms with Crippen LogP contribution in [0.3, 0.4) is 0 Å². The largest absolute Gasteiger partial charge is 0.397 e. The predicted molar refractivity (Wildman–Crippen MR) is 72.9 cm³/mol. The Morgan fingerprint density at radius 1 is 1.29 bits per heavy atom. The van der Waals surface area contributed by atoms with Crippen LogP contribution in [0.15, 0.2) is 18.2 Å². The van der Waals surface area contributed by atoms with Crippen molar-refractivity contribution in [1.82, 2.24) is 0 Å². The van der Waals surface area contributed by atoms with Crippen molar-refractivity contribution < 1.29 is 8.42 Å². The van der Waals surface area contributed by atoms with E-state index in [9.17, 15) is 8.42 Å². The lowest BCUT2D eigenvalue weighted by atomic mass is 10.2. The van der Waals surface area contributed by atoms with E-state index in [2.05, 4.69) is 9.62 Å². The van der Waals surface area contributed by atoms with Crippen molar-refractivity contribution in [2.45, 2.75) is 13.8 Å². The monoisotopic (exact) mass is 257 g/mol. The number of nitrogen functional groups attached to an aromatic ring is 1. The number of nitrogens with zero attached hydrogens (tertiary/aromatic N) is 1. The third-order valence-corrected chi connectivity index (χ3v) is 3.05. The molecule has 1 aromatic rings. The van der Waals surface area contributed by atoms with E-state index in [0.717, 1.165) is 25.0 Å². The fourth-order valence-electron chi connectivity index (χ4n) is 1.62. The molecule has 0 unspecified atom stereocenters. The van der Waals surface area contributed by atoms with Gasteiger partial charge in [-0.05, 0) is 32.0 Å². The summed E-state index contributed by atoms with van der Waals surface area (Å²) in [7, 11) is -3.30. The van der Waals surface area contributed by atoms with E-state index >= 15 is 0 Å². The van der Waals surface area contributed by atoms with E-state index in [-0.39, 0.29) is 0 Å². The van der Waals surface area contributed by atoms with Gasteiger partial charge in [-0.2, -0.15) is 0 Å². The van der Waals surface area contributed by atoms with Gasteiger partial charge in [0.2, 0.25) is 10.0 Å². The number of benzene rings is 1. The first kappa shape index (κ1) is 13.6. The van der Waals surface area contributed by atoms with Crippen LogP contribution in [0, 0.1) is 0 Å². The van der Waals surface area contributed by atoms with Crippen LogP contribution < -0.4 is 15.4 Å². The summed E-state index contributed by atoms with van der Waals surface area (Å²) in [6, 6.07) is 5.35. The Hall–Kier alpha value is -1.43. The Morgan fingerprint density at radius 2 is 1.88 bits per heavy atom. The summed E-state index contributed by atoms with van der Waals surface area (Å²) in [5.74, 6) is 0. The molecule has 0 fully saturated rings. The minimum absolute atomic E-state index is 0.423. The molecule has 0 saturated heterocycles. The Labute approximate surface area is 103 Å². The Kier molecular flexibility index (Phi) is 4.22. The average Bonchev–Trinajstić information content (AvgIpc) is 2.22. The molecule has 1 rings (SSSR count). The van der Waals surface area contributed by atoms with E-state index in [1.54, 1.807) is 12.1 Å². The highest BCUT2D eigenvalue weighted by atomic mass is 32.2. The second kappa shape index (κ2) is 5.27. The number of anilines is 3. The Morgan fingerprint density at radius 3 is 2.35 bits per heavy atom. The highest BCUT2D eigenvalue weighted by Crippen LogP contribution is 2.26. The minimum atomic E-state index is -3.30. The topological polar surface area (TPSA) is 75.4 Å². The fourth-order valence-corrected chi connectivity index (χ4v) is 2.19. The lowest BCUT2D eigenvalue weighted by Gasteiger charge is -2.22. The molecule has 0 radical (unpaired) electrons. The van der Waals surface area contributed by atoms with Gasteiger partial charge in [0.25, 0.3) is 0 Å². The summed E-state index contributed by atoms with van der Waals surface area (Å²) in [6.45, 7) is 5.81. The number of sulfonamides is 1. The molecule has 0 aliphatic rings. The summed E-state index contributed by atoms with van der Waals surface area (Å²) in [5, 5.41) is 0. The number of rotatable bonds is 5. The standard InChI is InChI=1S/C11H19N3O2S/c1-4-14(5-2)9-6-7-10(12)11(8-9)13-17(3,15)16/h6-8,13H,4-5,12H2,1-3H3. The number of hydrogen-bond donors (Lipinski definition) is 2. The summed E-state index contributed by atoms with van der Waals surface area (Å²) in [6.07, 6.45) is 1.11. The van der Waals surface area contributed by atoms with E-state index in [4.69, 9.17) is 5.73 Å². The molecule has 1 aromatic carbocycles. The lowest BCUT2D eigenvalue weighted by Crippen LogP contribution is -2.22. The van der Waals surface area contributed by atoms with Gasteiger partial charge in [0.1, 0.15) is 0 Å². The zero-order chi connectivity index (χ0) is 13.1. The molecule has 5 nitrogen and oxygen atoms in total. The summed E-state index contributed by atoms with van der Waals surface area (Å²) in [5.41, 5.74) is 7.54. The van der Waals surface area contributed by atoms with E-state index < -0.39 is 10.0 Å². The Balaban J connectivity index is 3.10. The molecule has 0 amide bonds. The lowest BCUT2D eigenvalue weighted by molar-refractivity contribution is 0.607. The minimum Gasteiger partial charge on any atom is -0.397 e. The van der Waals surface area contributed by atoms with Crippen LogP contribution in [0.1, 0.15) is 13.8 Å². The number of nitrogens with two attached hydrogens (primary N) is 1. The zero-order valence-corrected chi connectivity index (χ0v) is 11.2. The first-order chi connectivity index (χ1) is 7.87. The quantitative estimate of drug-likeness (QED) is 0.784. The molecule has 17 heavy (non-hydrogen) atoms. The van der Waals surface area contributed by atoms with Gasteiger partial charge >= 0.3 is 0 Å². The van der Waals surface area contributed by atoms with Gasteiger partial charge in [-0.3, -0.25) is 4.72 Å². The third-order valence-electron chi connectivity index (χ3n) is 2.46. The van der Waals surface area contributed by atoms with Crippen LogP contribution in [0.5, 0.6) is 0 Å². The van der Waals surface area contributed by atoms with Crippen molar-refractivity contribution in [2.75, 3.05) is 34.7 Å². The molecule has 0 saturated carbocycles. The first-order valence-corrected chi connectivity index (χ1v) is 7.38. The highest BCUT2D eigenvalue weighted by Gasteiger charge is 2.09. The van der Waals surface area contributed by atoms with Gasteiger partial charge in [-0.25, -0.2) is 8.42 Å². The smallest absolute Gasteiger partial charge is 0.229 e. The van der Waals surface area contributed by atoms with Crippen molar-refractivity contribution in [3.05, 3.63) is 18.2 Å². The molecule has 6 heteroatoms. The molecule has 0 bridgehead atoms. The second-order valence-electron chi connectivity index (χ2n) is 3.82. The molecule has 0 heterocycles. The molecule has 0 atom stereocenters. The highest BCUT2D eigenvalue weighted by molar-refractivity contribution is 7.92. The predicted octanol–water partition coefficient (Wildman–Crippen LogP) is 1.49. The van der Waals surface area contributed by atoms with Crippen LogP contribution in [0.2, 0.25) is 0 Å². The average molecular weight is 257 g/mol. The molecule has 0 aliphatic heterocycles. The van der Waals surface area contributed by atoms with E-state index in [0.29, 0.717) is 11.4 Å². The second-order valence-corrected chi connectivity index (χ2v) is 5.57. The van der Waals surface area contributed by atoms with E-state index in [1.165, 1.54) is 0 Å². The normalized spacial score (nSPS) is 11.2. The van der Waals surface area contributed by atoms with Crippen LogP contribution in [0.4, 0.5) is 17.1 Å². The van der Waals surface area contributed by atoms with Crippen molar-refractivity contribution >= 4 is 27.1 Å². The van der Waals surface area contributed by atoms with Gasteiger partial charge in [0.05, 0.1) is 17.6 Å². The molecule has 3 N–H and O–H groups in total. The van der Waals surface area contributed by atoms with E-state index in [1.807, 2.05) is 19.9 Å². The van der Waals surface area contributed by atoms with Gasteiger partial charge in [0.15, 0.2) is 0 Å². The van der Waals surface area contributed by atoms with Crippen LogP contribution in [-0.4, -0.2) is 27.8 Å². The molecule has 0 aliphatic carbocycles. The number of hydrogen-bond acceptors (Lipinski definition) is 4. The van der Waals surface area contributed by atoms with Crippen molar-refractivity contribution in [2.24, 2.45) is 0 Å². The van der Waals surface area contributed by atoms with Crippen molar-refractivity contribution in [3.63, 3.8) is 0 Å². The molecule has 0 aromatic heterocycles. The summed E-state index contributed by atoms with van der Waals surface area (Å²) in [4.78, 5) is 2.12.